The van der Waals surface area contributed by atoms with Crippen LogP contribution in [0.5, 0.6) is 0 Å². The molecule has 0 amide bonds. The van der Waals surface area contributed by atoms with Crippen molar-refractivity contribution < 1.29 is 23.7 Å². The Hall–Kier alpha value is -1.14. The van der Waals surface area contributed by atoms with Gasteiger partial charge in [-0.05, 0) is 26.0 Å². The summed E-state index contributed by atoms with van der Waals surface area (Å²) >= 11 is 6.10. The van der Waals surface area contributed by atoms with Crippen LogP contribution in [0.15, 0.2) is 30.3 Å². The largest absolute Gasteiger partial charge is 0.459 e. The smallest absolute Gasteiger partial charge is 0.338 e. The second kappa shape index (κ2) is 5.57. The van der Waals surface area contributed by atoms with Crippen LogP contribution in [-0.4, -0.2) is 42.2 Å². The van der Waals surface area contributed by atoms with Crippen LogP contribution in [0.2, 0.25) is 0 Å². The Balaban J connectivity index is 1.60. The van der Waals surface area contributed by atoms with Crippen molar-refractivity contribution in [3.05, 3.63) is 35.9 Å². The number of rotatable bonds is 3. The van der Waals surface area contributed by atoms with Crippen LogP contribution >= 0.6 is 11.6 Å². The first-order valence-electron chi connectivity index (χ1n) is 6.84. The Morgan fingerprint density at radius 2 is 1.90 bits per heavy atom. The highest BCUT2D eigenvalue weighted by Gasteiger charge is 2.55. The van der Waals surface area contributed by atoms with Crippen LogP contribution in [0.25, 0.3) is 0 Å². The lowest BCUT2D eigenvalue weighted by molar-refractivity contribution is -0.182. The summed E-state index contributed by atoms with van der Waals surface area (Å²) in [7, 11) is 0. The highest BCUT2D eigenvalue weighted by molar-refractivity contribution is 6.20. The molecule has 2 aliphatic rings. The highest BCUT2D eigenvalue weighted by atomic mass is 35.5. The molecule has 2 saturated heterocycles. The van der Waals surface area contributed by atoms with Gasteiger partial charge in [-0.25, -0.2) is 4.79 Å². The zero-order valence-corrected chi connectivity index (χ0v) is 12.6. The number of esters is 1. The third kappa shape index (κ3) is 3.06. The number of fused-ring (bicyclic) bond motifs is 1. The molecule has 2 aliphatic heterocycles. The molecule has 2 fully saturated rings. The average molecular weight is 313 g/mol. The van der Waals surface area contributed by atoms with Gasteiger partial charge in [-0.1, -0.05) is 29.8 Å². The summed E-state index contributed by atoms with van der Waals surface area (Å²) < 4.78 is 22.3. The van der Waals surface area contributed by atoms with E-state index in [2.05, 4.69) is 0 Å². The monoisotopic (exact) mass is 312 g/mol. The molecule has 0 spiro atoms. The molecule has 2 heterocycles. The van der Waals surface area contributed by atoms with Gasteiger partial charge in [-0.15, -0.1) is 0 Å². The maximum atomic E-state index is 11.9. The van der Waals surface area contributed by atoms with Gasteiger partial charge < -0.3 is 18.9 Å². The Labute approximate surface area is 128 Å². The summed E-state index contributed by atoms with van der Waals surface area (Å²) in [5.41, 5.74) is -0.101. The van der Waals surface area contributed by atoms with Crippen LogP contribution < -0.4 is 0 Å². The minimum absolute atomic E-state index is 0.0809. The Morgan fingerprint density at radius 1 is 1.24 bits per heavy atom. The van der Waals surface area contributed by atoms with Crippen LogP contribution in [0.3, 0.4) is 0 Å². The van der Waals surface area contributed by atoms with E-state index in [4.69, 9.17) is 30.5 Å². The van der Waals surface area contributed by atoms with E-state index in [1.807, 2.05) is 19.9 Å². The summed E-state index contributed by atoms with van der Waals surface area (Å²) in [6, 6.07) is 8.80. The minimum Gasteiger partial charge on any atom is -0.459 e. The second-order valence-corrected chi connectivity index (χ2v) is 5.99. The standard InChI is InChI=1S/C15H17ClO5/c1-15(2)20-11-10(19-13(16)12(11)21-15)8-18-14(17)9-6-4-3-5-7-9/h3-7,10-13H,8H2,1-2H3/t10-,11-,12-,13-/m1/s1. The molecular weight excluding hydrogens is 296 g/mol. The first-order chi connectivity index (χ1) is 9.96. The molecule has 0 radical (unpaired) electrons. The summed E-state index contributed by atoms with van der Waals surface area (Å²) in [6.07, 6.45) is -1.10. The fourth-order valence-electron chi connectivity index (χ4n) is 2.58. The fraction of sp³-hybridized carbons (Fsp3) is 0.533. The van der Waals surface area contributed by atoms with Crippen LogP contribution in [0.1, 0.15) is 24.2 Å². The number of ether oxygens (including phenoxy) is 4. The lowest BCUT2D eigenvalue weighted by Crippen LogP contribution is -2.33. The molecule has 0 unspecified atom stereocenters. The van der Waals surface area contributed by atoms with Crippen molar-refractivity contribution in [1.82, 2.24) is 0 Å². The van der Waals surface area contributed by atoms with Crippen LogP contribution in [0, 0.1) is 0 Å². The van der Waals surface area contributed by atoms with Gasteiger partial charge in [-0.3, -0.25) is 0 Å². The van der Waals surface area contributed by atoms with E-state index in [9.17, 15) is 4.79 Å². The number of benzene rings is 1. The van der Waals surface area contributed by atoms with Crippen molar-refractivity contribution >= 4 is 17.6 Å². The lowest BCUT2D eigenvalue weighted by Gasteiger charge is -2.22. The van der Waals surface area contributed by atoms with Crippen molar-refractivity contribution in [3.8, 4) is 0 Å². The van der Waals surface area contributed by atoms with Gasteiger partial charge >= 0.3 is 5.97 Å². The molecule has 3 rings (SSSR count). The van der Waals surface area contributed by atoms with Crippen molar-refractivity contribution in [2.75, 3.05) is 6.61 Å². The number of hydrogen-bond donors (Lipinski definition) is 0. The van der Waals surface area contributed by atoms with Gasteiger partial charge in [0.15, 0.2) is 11.4 Å². The van der Waals surface area contributed by atoms with Crippen molar-refractivity contribution in [2.24, 2.45) is 0 Å². The molecule has 0 N–H and O–H groups in total. The van der Waals surface area contributed by atoms with Crippen LogP contribution in [-0.2, 0) is 18.9 Å². The van der Waals surface area contributed by atoms with E-state index in [1.165, 1.54) is 0 Å². The minimum atomic E-state index is -0.700. The fourth-order valence-corrected chi connectivity index (χ4v) is 2.91. The Bertz CT molecular complexity index is 518. The molecule has 0 aromatic heterocycles. The second-order valence-electron chi connectivity index (χ2n) is 5.55. The number of hydrogen-bond acceptors (Lipinski definition) is 5. The quantitative estimate of drug-likeness (QED) is 0.633. The highest BCUT2D eigenvalue weighted by Crippen LogP contribution is 2.39. The maximum absolute atomic E-state index is 11.9. The van der Waals surface area contributed by atoms with E-state index < -0.39 is 23.4 Å². The molecule has 0 saturated carbocycles. The first kappa shape index (κ1) is 14.8. The van der Waals surface area contributed by atoms with E-state index in [-0.39, 0.29) is 18.8 Å². The summed E-state index contributed by atoms with van der Waals surface area (Å²) in [4.78, 5) is 11.9. The molecule has 114 valence electrons. The predicted molar refractivity (Wildman–Crippen MR) is 75.1 cm³/mol. The third-order valence-corrected chi connectivity index (χ3v) is 3.83. The molecule has 21 heavy (non-hydrogen) atoms. The Kier molecular flexibility index (Phi) is 3.92. The topological polar surface area (TPSA) is 54.0 Å². The number of carbonyl (C=O) groups excluding carboxylic acids is 1. The van der Waals surface area contributed by atoms with Gasteiger partial charge in [0.05, 0.1) is 5.56 Å². The molecular formula is C15H17ClO5. The maximum Gasteiger partial charge on any atom is 0.338 e. The predicted octanol–water partition coefficient (Wildman–Crippen LogP) is 2.33. The van der Waals surface area contributed by atoms with Gasteiger partial charge in [0, 0.05) is 0 Å². The van der Waals surface area contributed by atoms with E-state index in [0.717, 1.165) is 0 Å². The molecule has 0 bridgehead atoms. The first-order valence-corrected chi connectivity index (χ1v) is 7.27. The molecule has 4 atom stereocenters. The van der Waals surface area contributed by atoms with Crippen molar-refractivity contribution in [3.63, 3.8) is 0 Å². The number of alkyl halides is 1. The van der Waals surface area contributed by atoms with Crippen molar-refractivity contribution in [2.45, 2.75) is 43.5 Å². The van der Waals surface area contributed by atoms with Crippen molar-refractivity contribution in [1.29, 1.82) is 0 Å². The number of carbonyl (C=O) groups is 1. The van der Waals surface area contributed by atoms with Gasteiger partial charge in [0.25, 0.3) is 0 Å². The molecule has 1 aromatic carbocycles. The van der Waals surface area contributed by atoms with E-state index in [0.29, 0.717) is 5.56 Å². The average Bonchev–Trinajstić information content (AvgIpc) is 2.92. The molecule has 0 aliphatic carbocycles. The SMILES string of the molecule is CC1(C)O[C@@H]2[C@H](O1)[C@@H](COC(=O)c1ccccc1)O[C@H]2Cl. The molecule has 1 aromatic rings. The summed E-state index contributed by atoms with van der Waals surface area (Å²) in [5, 5.41) is 0. The molecule has 6 heteroatoms. The number of halogens is 1. The van der Waals surface area contributed by atoms with Gasteiger partial charge in [0.1, 0.15) is 24.9 Å². The Morgan fingerprint density at radius 3 is 2.62 bits per heavy atom. The lowest BCUT2D eigenvalue weighted by atomic mass is 10.1. The third-order valence-electron chi connectivity index (χ3n) is 3.48. The van der Waals surface area contributed by atoms with Gasteiger partial charge in [0.2, 0.25) is 0 Å². The van der Waals surface area contributed by atoms with Crippen LogP contribution in [0.4, 0.5) is 0 Å². The zero-order chi connectivity index (χ0) is 15.0. The summed E-state index contributed by atoms with van der Waals surface area (Å²) in [6.45, 7) is 3.72. The van der Waals surface area contributed by atoms with Gasteiger partial charge in [-0.2, -0.15) is 0 Å². The zero-order valence-electron chi connectivity index (χ0n) is 11.8. The normalized spacial score (nSPS) is 33.7. The van der Waals surface area contributed by atoms with E-state index >= 15 is 0 Å². The molecule has 5 nitrogen and oxygen atoms in total. The summed E-state index contributed by atoms with van der Waals surface area (Å²) in [5.74, 6) is -1.10. The van der Waals surface area contributed by atoms with E-state index in [1.54, 1.807) is 24.3 Å².